The molecule has 0 aliphatic rings. The van der Waals surface area contributed by atoms with Crippen molar-refractivity contribution >= 4 is 16.7 Å². The number of nitrogens with zero attached hydrogens (tertiary/aromatic N) is 3. The molecule has 3 rings (SSSR count). The van der Waals surface area contributed by atoms with E-state index < -0.39 is 0 Å². The summed E-state index contributed by atoms with van der Waals surface area (Å²) < 4.78 is 7.22. The molecule has 0 atom stereocenters. The van der Waals surface area contributed by atoms with Crippen LogP contribution in [0.2, 0.25) is 0 Å². The average Bonchev–Trinajstić information content (AvgIpc) is 2.76. The van der Waals surface area contributed by atoms with Gasteiger partial charge in [0.1, 0.15) is 11.4 Å². The first-order chi connectivity index (χ1) is 9.19. The van der Waals surface area contributed by atoms with Gasteiger partial charge in [-0.2, -0.15) is 0 Å². The van der Waals surface area contributed by atoms with Gasteiger partial charge in [-0.1, -0.05) is 0 Å². The van der Waals surface area contributed by atoms with Crippen LogP contribution in [0, 0.1) is 0 Å². The van der Waals surface area contributed by atoms with Gasteiger partial charge in [0, 0.05) is 13.1 Å². The summed E-state index contributed by atoms with van der Waals surface area (Å²) in [6.45, 7) is 0. The molecule has 5 nitrogen and oxygen atoms in total. The van der Waals surface area contributed by atoms with Crippen LogP contribution < -0.4 is 10.5 Å². The number of aromatic nitrogens is 3. The number of pyridine rings is 1. The van der Waals surface area contributed by atoms with Crippen LogP contribution >= 0.6 is 0 Å². The number of nitrogens with two attached hydrogens (primary N) is 1. The third kappa shape index (κ3) is 1.89. The van der Waals surface area contributed by atoms with Crippen LogP contribution in [0.15, 0.2) is 36.5 Å². The largest absolute Gasteiger partial charge is 0.497 e. The number of anilines is 1. The fourth-order valence-corrected chi connectivity index (χ4v) is 2.07. The topological polar surface area (TPSA) is 66.0 Å². The lowest BCUT2D eigenvalue weighted by Crippen LogP contribution is -1.95. The second-order valence-electron chi connectivity index (χ2n) is 4.33. The van der Waals surface area contributed by atoms with E-state index in [0.29, 0.717) is 5.69 Å². The summed E-state index contributed by atoms with van der Waals surface area (Å²) in [7, 11) is 3.61. The normalized spacial score (nSPS) is 10.8. The smallest absolute Gasteiger partial charge is 0.159 e. The molecule has 96 valence electrons. The lowest BCUT2D eigenvalue weighted by Gasteiger charge is -2.02. The van der Waals surface area contributed by atoms with Crippen LogP contribution in [0.3, 0.4) is 0 Å². The number of ether oxygens (including phenoxy) is 1. The first-order valence-corrected chi connectivity index (χ1v) is 5.91. The molecule has 0 spiro atoms. The highest BCUT2D eigenvalue weighted by Gasteiger charge is 2.11. The molecule has 0 fully saturated rings. The van der Waals surface area contributed by atoms with Crippen molar-refractivity contribution in [3.63, 3.8) is 0 Å². The Morgan fingerprint density at radius 3 is 2.74 bits per heavy atom. The maximum Gasteiger partial charge on any atom is 0.159 e. The van der Waals surface area contributed by atoms with E-state index in [1.165, 1.54) is 0 Å². The number of nitrogen functional groups attached to an aromatic ring is 1. The third-order valence-corrected chi connectivity index (χ3v) is 3.10. The Kier molecular flexibility index (Phi) is 2.59. The summed E-state index contributed by atoms with van der Waals surface area (Å²) in [5.74, 6) is 1.60. The van der Waals surface area contributed by atoms with Crippen molar-refractivity contribution < 1.29 is 4.74 Å². The van der Waals surface area contributed by atoms with Crippen molar-refractivity contribution in [1.29, 1.82) is 0 Å². The molecule has 0 aliphatic carbocycles. The number of methoxy groups -OCH3 is 1. The van der Waals surface area contributed by atoms with Crippen LogP contribution in [-0.2, 0) is 7.05 Å². The van der Waals surface area contributed by atoms with Gasteiger partial charge in [-0.05, 0) is 24.3 Å². The minimum absolute atomic E-state index is 0.643. The highest BCUT2D eigenvalue weighted by atomic mass is 16.5. The highest BCUT2D eigenvalue weighted by Crippen LogP contribution is 2.25. The van der Waals surface area contributed by atoms with E-state index in [2.05, 4.69) is 9.97 Å². The average molecular weight is 254 g/mol. The zero-order chi connectivity index (χ0) is 13.4. The van der Waals surface area contributed by atoms with Gasteiger partial charge in [0.15, 0.2) is 5.82 Å². The number of aryl methyl sites for hydroxylation is 1. The molecule has 2 N–H and O–H groups in total. The molecule has 0 radical (unpaired) electrons. The predicted molar refractivity (Wildman–Crippen MR) is 74.9 cm³/mol. The minimum Gasteiger partial charge on any atom is -0.497 e. The fraction of sp³-hybridized carbons (Fsp3) is 0.143. The van der Waals surface area contributed by atoms with Gasteiger partial charge in [0.2, 0.25) is 0 Å². The highest BCUT2D eigenvalue weighted by molar-refractivity contribution is 5.81. The first-order valence-electron chi connectivity index (χ1n) is 5.91. The minimum atomic E-state index is 0.643. The lowest BCUT2D eigenvalue weighted by molar-refractivity contribution is 0.415. The molecule has 0 unspecified atom stereocenters. The molecule has 0 aliphatic heterocycles. The van der Waals surface area contributed by atoms with Gasteiger partial charge in [-0.15, -0.1) is 0 Å². The molecule has 1 aromatic carbocycles. The molecule has 0 saturated heterocycles. The molecule has 2 heterocycles. The molecule has 0 saturated carbocycles. The van der Waals surface area contributed by atoms with Crippen LogP contribution in [0.25, 0.3) is 22.6 Å². The van der Waals surface area contributed by atoms with Gasteiger partial charge in [0.25, 0.3) is 0 Å². The maximum absolute atomic E-state index is 5.65. The van der Waals surface area contributed by atoms with Crippen LogP contribution in [0.5, 0.6) is 5.75 Å². The van der Waals surface area contributed by atoms with E-state index in [0.717, 1.165) is 28.3 Å². The predicted octanol–water partition coefficient (Wildman–Crippen LogP) is 2.23. The molecule has 5 heteroatoms. The first kappa shape index (κ1) is 11.5. The number of benzene rings is 1. The quantitative estimate of drug-likeness (QED) is 0.761. The zero-order valence-corrected chi connectivity index (χ0v) is 10.8. The van der Waals surface area contributed by atoms with Crippen molar-refractivity contribution in [2.24, 2.45) is 7.05 Å². The Bertz CT molecular complexity index is 731. The number of imidazole rings is 1. The number of hydrogen-bond donors (Lipinski definition) is 1. The Morgan fingerprint density at radius 2 is 2.05 bits per heavy atom. The molecule has 19 heavy (non-hydrogen) atoms. The van der Waals surface area contributed by atoms with Crippen molar-refractivity contribution in [3.8, 4) is 17.3 Å². The van der Waals surface area contributed by atoms with E-state index >= 15 is 0 Å². The van der Waals surface area contributed by atoms with Crippen LogP contribution in [-0.4, -0.2) is 21.6 Å². The van der Waals surface area contributed by atoms with Gasteiger partial charge >= 0.3 is 0 Å². The van der Waals surface area contributed by atoms with Crippen molar-refractivity contribution in [3.05, 3.63) is 36.5 Å². The SMILES string of the molecule is COc1ccc2c(c1)nc(-c1ccc(N)cn1)n2C. The second-order valence-corrected chi connectivity index (χ2v) is 4.33. The molecule has 3 aromatic rings. The summed E-state index contributed by atoms with van der Waals surface area (Å²) in [6, 6.07) is 9.51. The molecule has 0 bridgehead atoms. The Morgan fingerprint density at radius 1 is 1.21 bits per heavy atom. The molecular formula is C14H14N4O. The molecule has 0 amide bonds. The molecular weight excluding hydrogens is 240 g/mol. The van der Waals surface area contributed by atoms with Gasteiger partial charge < -0.3 is 15.0 Å². The van der Waals surface area contributed by atoms with Gasteiger partial charge in [-0.25, -0.2) is 4.98 Å². The van der Waals surface area contributed by atoms with Crippen LogP contribution in [0.1, 0.15) is 0 Å². The van der Waals surface area contributed by atoms with E-state index in [4.69, 9.17) is 10.5 Å². The standard InChI is InChI=1S/C14H14N4O/c1-18-13-6-4-10(19-2)7-12(13)17-14(18)11-5-3-9(15)8-16-11/h3-8H,15H2,1-2H3. The summed E-state index contributed by atoms with van der Waals surface area (Å²) in [5, 5.41) is 0. The fourth-order valence-electron chi connectivity index (χ4n) is 2.07. The lowest BCUT2D eigenvalue weighted by atomic mass is 10.3. The van der Waals surface area contributed by atoms with Gasteiger partial charge in [-0.3, -0.25) is 4.98 Å². The van der Waals surface area contributed by atoms with Crippen molar-refractivity contribution in [2.75, 3.05) is 12.8 Å². The van der Waals surface area contributed by atoms with Crippen molar-refractivity contribution in [2.45, 2.75) is 0 Å². The van der Waals surface area contributed by atoms with Crippen LogP contribution in [0.4, 0.5) is 5.69 Å². The van der Waals surface area contributed by atoms with Crippen molar-refractivity contribution in [1.82, 2.24) is 14.5 Å². The number of fused-ring (bicyclic) bond motifs is 1. The summed E-state index contributed by atoms with van der Waals surface area (Å²) in [4.78, 5) is 8.91. The zero-order valence-electron chi connectivity index (χ0n) is 10.8. The number of rotatable bonds is 2. The maximum atomic E-state index is 5.65. The van der Waals surface area contributed by atoms with E-state index in [1.54, 1.807) is 13.3 Å². The third-order valence-electron chi connectivity index (χ3n) is 3.10. The Balaban J connectivity index is 2.19. The second kappa shape index (κ2) is 4.28. The van der Waals surface area contributed by atoms with E-state index in [-0.39, 0.29) is 0 Å². The molecule has 2 aromatic heterocycles. The Labute approximate surface area is 110 Å². The number of hydrogen-bond acceptors (Lipinski definition) is 4. The summed E-state index contributed by atoms with van der Waals surface area (Å²) in [5.41, 5.74) is 9.01. The summed E-state index contributed by atoms with van der Waals surface area (Å²) in [6.07, 6.45) is 1.63. The van der Waals surface area contributed by atoms with E-state index in [1.807, 2.05) is 41.9 Å². The Hall–Kier alpha value is -2.56. The van der Waals surface area contributed by atoms with Gasteiger partial charge in [0.05, 0.1) is 30.0 Å². The monoisotopic (exact) mass is 254 g/mol. The summed E-state index contributed by atoms with van der Waals surface area (Å²) >= 11 is 0. The van der Waals surface area contributed by atoms with E-state index in [9.17, 15) is 0 Å².